The van der Waals surface area contributed by atoms with Crippen LogP contribution in [0.1, 0.15) is 11.1 Å². The van der Waals surface area contributed by atoms with Crippen LogP contribution in [0, 0.1) is 13.8 Å². The Balaban J connectivity index is 2.27. The lowest BCUT2D eigenvalue weighted by Gasteiger charge is -2.07. The van der Waals surface area contributed by atoms with Crippen LogP contribution in [0.25, 0.3) is 22.3 Å². The Labute approximate surface area is 127 Å². The monoisotopic (exact) mass is 299 g/mol. The predicted octanol–water partition coefficient (Wildman–Crippen LogP) is 4.31. The van der Waals surface area contributed by atoms with Gasteiger partial charge in [-0.15, -0.1) is 0 Å². The number of hydrogen-bond donors (Lipinski definition) is 1. The van der Waals surface area contributed by atoms with Crippen LogP contribution in [-0.2, 0) is 0 Å². The van der Waals surface area contributed by atoms with E-state index in [0.717, 1.165) is 16.7 Å². The van der Waals surface area contributed by atoms with E-state index in [0.29, 0.717) is 27.4 Å². The summed E-state index contributed by atoms with van der Waals surface area (Å²) in [4.78, 5) is 12.3. The van der Waals surface area contributed by atoms with E-state index in [9.17, 15) is 4.79 Å². The second-order valence-corrected chi connectivity index (χ2v) is 5.55. The molecule has 2 N–H and O–H groups in total. The van der Waals surface area contributed by atoms with Crippen molar-refractivity contribution in [3.63, 3.8) is 0 Å². The first-order valence-corrected chi connectivity index (χ1v) is 6.94. The molecule has 0 aliphatic rings. The molecule has 3 aromatic rings. The van der Waals surface area contributed by atoms with Gasteiger partial charge in [0.2, 0.25) is 0 Å². The summed E-state index contributed by atoms with van der Waals surface area (Å²) in [7, 11) is 0. The van der Waals surface area contributed by atoms with Crippen LogP contribution in [0.4, 0.5) is 5.69 Å². The second-order valence-electron chi connectivity index (χ2n) is 5.14. The molecule has 3 rings (SSSR count). The van der Waals surface area contributed by atoms with Gasteiger partial charge in [0.15, 0.2) is 5.43 Å². The molecule has 0 saturated heterocycles. The molecule has 0 fully saturated rings. The summed E-state index contributed by atoms with van der Waals surface area (Å²) in [5, 5.41) is 1.07. The van der Waals surface area contributed by atoms with E-state index in [-0.39, 0.29) is 5.43 Å². The number of fused-ring (bicyclic) bond motifs is 1. The van der Waals surface area contributed by atoms with Crippen LogP contribution in [-0.4, -0.2) is 0 Å². The Bertz CT molecular complexity index is 913. The number of rotatable bonds is 1. The van der Waals surface area contributed by atoms with Gasteiger partial charge in [0, 0.05) is 11.6 Å². The van der Waals surface area contributed by atoms with E-state index >= 15 is 0 Å². The third kappa shape index (κ3) is 2.41. The number of aryl methyl sites for hydroxylation is 2. The molecule has 0 unspecified atom stereocenters. The lowest BCUT2D eigenvalue weighted by atomic mass is 10.1. The molecule has 21 heavy (non-hydrogen) atoms. The van der Waals surface area contributed by atoms with Crippen LogP contribution in [0.3, 0.4) is 0 Å². The Morgan fingerprint density at radius 3 is 2.48 bits per heavy atom. The highest BCUT2D eigenvalue weighted by Gasteiger charge is 2.09. The molecule has 0 saturated carbocycles. The highest BCUT2D eigenvalue weighted by atomic mass is 35.5. The van der Waals surface area contributed by atoms with Crippen molar-refractivity contribution in [2.45, 2.75) is 13.8 Å². The SMILES string of the molecule is Cc1cc2oc(-c3ccc(Cl)c(N)c3)cc(=O)c2cc1C. The Kier molecular flexibility index (Phi) is 3.22. The predicted molar refractivity (Wildman–Crippen MR) is 86.8 cm³/mol. The van der Waals surface area contributed by atoms with Gasteiger partial charge in [-0.1, -0.05) is 11.6 Å². The van der Waals surface area contributed by atoms with Gasteiger partial charge in [-0.05, 0) is 55.3 Å². The van der Waals surface area contributed by atoms with Crippen LogP contribution in [0.15, 0.2) is 45.6 Å². The zero-order valence-electron chi connectivity index (χ0n) is 11.7. The van der Waals surface area contributed by atoms with Crippen molar-refractivity contribution in [1.82, 2.24) is 0 Å². The van der Waals surface area contributed by atoms with Crippen molar-refractivity contribution in [2.75, 3.05) is 5.73 Å². The van der Waals surface area contributed by atoms with Crippen molar-refractivity contribution in [3.05, 3.63) is 62.8 Å². The molecule has 0 atom stereocenters. The maximum Gasteiger partial charge on any atom is 0.193 e. The quantitative estimate of drug-likeness (QED) is 0.681. The van der Waals surface area contributed by atoms with E-state index in [1.165, 1.54) is 6.07 Å². The topological polar surface area (TPSA) is 56.2 Å². The summed E-state index contributed by atoms with van der Waals surface area (Å²) in [5.41, 5.74) is 9.65. The summed E-state index contributed by atoms with van der Waals surface area (Å²) in [6.45, 7) is 3.96. The second kappa shape index (κ2) is 4.93. The van der Waals surface area contributed by atoms with Crippen molar-refractivity contribution in [2.24, 2.45) is 0 Å². The first kappa shape index (κ1) is 13.7. The van der Waals surface area contributed by atoms with E-state index in [1.807, 2.05) is 26.0 Å². The summed E-state index contributed by atoms with van der Waals surface area (Å²) >= 11 is 5.92. The molecule has 1 aromatic heterocycles. The summed E-state index contributed by atoms with van der Waals surface area (Å²) < 4.78 is 5.86. The van der Waals surface area contributed by atoms with Gasteiger partial charge in [0.25, 0.3) is 0 Å². The van der Waals surface area contributed by atoms with E-state index in [4.69, 9.17) is 21.8 Å². The molecule has 1 heterocycles. The number of nitrogen functional groups attached to an aromatic ring is 1. The van der Waals surface area contributed by atoms with Gasteiger partial charge >= 0.3 is 0 Å². The van der Waals surface area contributed by atoms with Gasteiger partial charge < -0.3 is 10.2 Å². The first-order chi connectivity index (χ1) is 9.95. The molecule has 0 aliphatic carbocycles. The standard InChI is InChI=1S/C17H14ClNO2/c1-9-5-12-15(20)8-16(21-17(12)6-10(9)2)11-3-4-13(18)14(19)7-11/h3-8H,19H2,1-2H3. The molecule has 106 valence electrons. The summed E-state index contributed by atoms with van der Waals surface area (Å²) in [6, 6.07) is 10.4. The summed E-state index contributed by atoms with van der Waals surface area (Å²) in [6.07, 6.45) is 0. The fourth-order valence-electron chi connectivity index (χ4n) is 2.25. The number of anilines is 1. The minimum atomic E-state index is -0.0668. The first-order valence-electron chi connectivity index (χ1n) is 6.56. The normalized spacial score (nSPS) is 11.0. The molecule has 0 aliphatic heterocycles. The van der Waals surface area contributed by atoms with Crippen molar-refractivity contribution < 1.29 is 4.42 Å². The minimum Gasteiger partial charge on any atom is -0.456 e. The average molecular weight is 300 g/mol. The molecule has 0 radical (unpaired) electrons. The Morgan fingerprint density at radius 1 is 1.05 bits per heavy atom. The van der Waals surface area contributed by atoms with Crippen LogP contribution < -0.4 is 11.2 Å². The fraction of sp³-hybridized carbons (Fsp3) is 0.118. The number of halogens is 1. The molecule has 0 amide bonds. The smallest absolute Gasteiger partial charge is 0.193 e. The van der Waals surface area contributed by atoms with Gasteiger partial charge in [0.1, 0.15) is 11.3 Å². The van der Waals surface area contributed by atoms with Crippen LogP contribution in [0.2, 0.25) is 5.02 Å². The largest absolute Gasteiger partial charge is 0.456 e. The van der Waals surface area contributed by atoms with Crippen LogP contribution in [0.5, 0.6) is 0 Å². The molecular formula is C17H14ClNO2. The lowest BCUT2D eigenvalue weighted by Crippen LogP contribution is -2.01. The third-order valence-electron chi connectivity index (χ3n) is 3.62. The van der Waals surface area contributed by atoms with Crippen molar-refractivity contribution in [3.8, 4) is 11.3 Å². The molecular weight excluding hydrogens is 286 g/mol. The number of hydrogen-bond acceptors (Lipinski definition) is 3. The zero-order valence-corrected chi connectivity index (χ0v) is 12.5. The molecule has 0 bridgehead atoms. The van der Waals surface area contributed by atoms with Crippen LogP contribution >= 0.6 is 11.6 Å². The number of benzene rings is 2. The van der Waals surface area contributed by atoms with Gasteiger partial charge in [-0.3, -0.25) is 4.79 Å². The molecule has 4 heteroatoms. The van der Waals surface area contributed by atoms with E-state index in [1.54, 1.807) is 18.2 Å². The highest BCUT2D eigenvalue weighted by molar-refractivity contribution is 6.33. The Morgan fingerprint density at radius 2 is 1.76 bits per heavy atom. The van der Waals surface area contributed by atoms with Gasteiger partial charge in [0.05, 0.1) is 16.1 Å². The summed E-state index contributed by atoms with van der Waals surface area (Å²) in [5.74, 6) is 0.485. The number of nitrogens with two attached hydrogens (primary N) is 1. The third-order valence-corrected chi connectivity index (χ3v) is 3.97. The molecule has 0 spiro atoms. The van der Waals surface area contributed by atoms with Gasteiger partial charge in [-0.2, -0.15) is 0 Å². The van der Waals surface area contributed by atoms with E-state index in [2.05, 4.69) is 0 Å². The Hall–Kier alpha value is -2.26. The maximum absolute atomic E-state index is 12.3. The van der Waals surface area contributed by atoms with E-state index < -0.39 is 0 Å². The van der Waals surface area contributed by atoms with Crippen molar-refractivity contribution >= 4 is 28.3 Å². The molecule has 2 aromatic carbocycles. The minimum absolute atomic E-state index is 0.0668. The fourth-order valence-corrected chi connectivity index (χ4v) is 2.37. The maximum atomic E-state index is 12.3. The molecule has 3 nitrogen and oxygen atoms in total. The zero-order chi connectivity index (χ0) is 15.1. The highest BCUT2D eigenvalue weighted by Crippen LogP contribution is 2.28. The van der Waals surface area contributed by atoms with Gasteiger partial charge in [-0.25, -0.2) is 0 Å². The lowest BCUT2D eigenvalue weighted by molar-refractivity contribution is 0.618. The van der Waals surface area contributed by atoms with Crippen molar-refractivity contribution in [1.29, 1.82) is 0 Å². The average Bonchev–Trinajstić information content (AvgIpc) is 2.44.